The highest BCUT2D eigenvalue weighted by molar-refractivity contribution is 6.35. The minimum Gasteiger partial charge on any atom is -0.465 e. The van der Waals surface area contributed by atoms with Gasteiger partial charge in [-0.15, -0.1) is 0 Å². The molecule has 4 nitrogen and oxygen atoms in total. The molecule has 0 saturated carbocycles. The molecule has 1 heterocycles. The molecule has 0 bridgehead atoms. The number of carbonyl (C=O) groups excluding carboxylic acids is 2. The number of benzene rings is 3. The van der Waals surface area contributed by atoms with E-state index in [0.29, 0.717) is 43.7 Å². The summed E-state index contributed by atoms with van der Waals surface area (Å²) in [5.41, 5.74) is 4.40. The molecule has 6 heteroatoms. The van der Waals surface area contributed by atoms with Crippen molar-refractivity contribution >= 4 is 52.5 Å². The molecule has 1 amide bonds. The van der Waals surface area contributed by atoms with Gasteiger partial charge in [0, 0.05) is 15.6 Å². The van der Waals surface area contributed by atoms with Gasteiger partial charge in [0.05, 0.1) is 24.1 Å². The van der Waals surface area contributed by atoms with E-state index in [1.165, 1.54) is 7.11 Å². The van der Waals surface area contributed by atoms with Crippen molar-refractivity contribution in [2.75, 3.05) is 12.0 Å². The number of ether oxygens (including phenoxy) is 1. The molecule has 32 heavy (non-hydrogen) atoms. The van der Waals surface area contributed by atoms with Crippen molar-refractivity contribution in [1.82, 2.24) is 0 Å². The fourth-order valence-electron chi connectivity index (χ4n) is 3.66. The summed E-state index contributed by atoms with van der Waals surface area (Å²) in [7, 11) is 1.33. The van der Waals surface area contributed by atoms with Crippen LogP contribution in [-0.2, 0) is 9.53 Å². The normalized spacial score (nSPS) is 14.6. The number of carbonyl (C=O) groups is 2. The number of esters is 1. The zero-order valence-corrected chi connectivity index (χ0v) is 18.9. The maximum atomic E-state index is 13.6. The van der Waals surface area contributed by atoms with Gasteiger partial charge in [0.15, 0.2) is 0 Å². The molecule has 1 aliphatic rings. The Hall–Kier alpha value is -3.34. The molecule has 3 aromatic rings. The Bertz CT molecular complexity index is 1280. The molecule has 0 aliphatic carbocycles. The zero-order chi connectivity index (χ0) is 22.8. The average Bonchev–Trinajstić information content (AvgIpc) is 3.12. The Morgan fingerprint density at radius 1 is 1.00 bits per heavy atom. The van der Waals surface area contributed by atoms with Crippen molar-refractivity contribution in [2.24, 2.45) is 0 Å². The van der Waals surface area contributed by atoms with E-state index < -0.39 is 5.97 Å². The summed E-state index contributed by atoms with van der Waals surface area (Å²) in [6.45, 7) is 1.80. The molecule has 3 aromatic carbocycles. The standard InChI is InChI=1S/C26H19Cl2NO3/c1-16-21(26(31)32-2)9-6-10-23(16)29-24(17-7-4-3-5-8-17)14-19(25(29)30)13-18-11-12-20(27)15-22(18)28/h3-15H,1-2H3/b19-13+. The van der Waals surface area contributed by atoms with Crippen LogP contribution in [0.5, 0.6) is 0 Å². The van der Waals surface area contributed by atoms with Gasteiger partial charge in [-0.05, 0) is 60.0 Å². The number of methoxy groups -OCH3 is 1. The molecule has 0 unspecified atom stereocenters. The van der Waals surface area contributed by atoms with Gasteiger partial charge in [-0.1, -0.05) is 65.7 Å². The lowest BCUT2D eigenvalue weighted by Crippen LogP contribution is -2.26. The molecule has 0 spiro atoms. The number of rotatable bonds is 4. The molecule has 0 radical (unpaired) electrons. The molecular formula is C26H19Cl2NO3. The Morgan fingerprint density at radius 2 is 1.75 bits per heavy atom. The molecule has 0 N–H and O–H groups in total. The Kier molecular flexibility index (Phi) is 6.17. The summed E-state index contributed by atoms with van der Waals surface area (Å²) in [6.07, 6.45) is 3.57. The largest absolute Gasteiger partial charge is 0.465 e. The van der Waals surface area contributed by atoms with Crippen LogP contribution in [0.2, 0.25) is 10.0 Å². The first-order valence-corrected chi connectivity index (χ1v) is 10.6. The number of hydrogen-bond acceptors (Lipinski definition) is 3. The topological polar surface area (TPSA) is 46.6 Å². The van der Waals surface area contributed by atoms with Crippen LogP contribution in [0.3, 0.4) is 0 Å². The van der Waals surface area contributed by atoms with Crippen molar-refractivity contribution in [3.63, 3.8) is 0 Å². The summed E-state index contributed by atoms with van der Waals surface area (Å²) in [6, 6.07) is 20.0. The smallest absolute Gasteiger partial charge is 0.338 e. The maximum Gasteiger partial charge on any atom is 0.338 e. The molecule has 160 valence electrons. The van der Waals surface area contributed by atoms with Crippen molar-refractivity contribution in [1.29, 1.82) is 0 Å². The lowest BCUT2D eigenvalue weighted by Gasteiger charge is -2.23. The van der Waals surface area contributed by atoms with Gasteiger partial charge in [0.25, 0.3) is 5.91 Å². The minimum atomic E-state index is -0.454. The third-order valence-corrected chi connectivity index (χ3v) is 5.84. The van der Waals surface area contributed by atoms with Crippen LogP contribution >= 0.6 is 23.2 Å². The third kappa shape index (κ3) is 4.07. The Labute approximate surface area is 196 Å². The molecule has 0 atom stereocenters. The van der Waals surface area contributed by atoms with Crippen molar-refractivity contribution < 1.29 is 14.3 Å². The first kappa shape index (κ1) is 21.9. The van der Waals surface area contributed by atoms with Crippen molar-refractivity contribution in [3.8, 4) is 0 Å². The second kappa shape index (κ2) is 9.03. The monoisotopic (exact) mass is 463 g/mol. The first-order valence-electron chi connectivity index (χ1n) is 9.87. The highest BCUT2D eigenvalue weighted by atomic mass is 35.5. The molecule has 0 fully saturated rings. The third-order valence-electron chi connectivity index (χ3n) is 5.28. The van der Waals surface area contributed by atoms with E-state index >= 15 is 0 Å². The van der Waals surface area contributed by atoms with Gasteiger partial charge in [-0.25, -0.2) is 4.79 Å². The number of halogens is 2. The fraction of sp³-hybridized carbons (Fsp3) is 0.0769. The number of amides is 1. The van der Waals surface area contributed by atoms with Crippen molar-refractivity contribution in [2.45, 2.75) is 6.92 Å². The quantitative estimate of drug-likeness (QED) is 0.325. The van der Waals surface area contributed by atoms with Crippen LogP contribution in [0.4, 0.5) is 5.69 Å². The van der Waals surface area contributed by atoms with Crippen LogP contribution in [0.25, 0.3) is 11.8 Å². The molecule has 4 rings (SSSR count). The predicted molar refractivity (Wildman–Crippen MR) is 129 cm³/mol. The lowest BCUT2D eigenvalue weighted by molar-refractivity contribution is -0.113. The summed E-state index contributed by atoms with van der Waals surface area (Å²) >= 11 is 12.3. The summed E-state index contributed by atoms with van der Waals surface area (Å²) < 4.78 is 4.90. The minimum absolute atomic E-state index is 0.222. The Morgan fingerprint density at radius 3 is 2.44 bits per heavy atom. The van der Waals surface area contributed by atoms with Gasteiger partial charge in [-0.2, -0.15) is 0 Å². The molecular weight excluding hydrogens is 445 g/mol. The Balaban J connectivity index is 1.87. The summed E-state index contributed by atoms with van der Waals surface area (Å²) in [4.78, 5) is 27.4. The number of anilines is 1. The van der Waals surface area contributed by atoms with E-state index in [0.717, 1.165) is 5.56 Å². The lowest BCUT2D eigenvalue weighted by atomic mass is 10.0. The van der Waals surface area contributed by atoms with Crippen LogP contribution < -0.4 is 4.90 Å². The SMILES string of the molecule is COC(=O)c1cccc(N2C(=O)/C(=C/c3ccc(Cl)cc3Cl)C=C2c2ccccc2)c1C. The second-order valence-corrected chi connectivity index (χ2v) is 8.09. The van der Waals surface area contributed by atoms with Gasteiger partial charge in [-0.3, -0.25) is 9.69 Å². The van der Waals surface area contributed by atoms with Crippen LogP contribution in [0, 0.1) is 6.92 Å². The van der Waals surface area contributed by atoms with E-state index in [2.05, 4.69) is 0 Å². The van der Waals surface area contributed by atoms with Crippen molar-refractivity contribution in [3.05, 3.63) is 111 Å². The molecule has 1 aliphatic heterocycles. The predicted octanol–water partition coefficient (Wildman–Crippen LogP) is 6.56. The van der Waals surface area contributed by atoms with E-state index in [9.17, 15) is 9.59 Å². The van der Waals surface area contributed by atoms with E-state index in [-0.39, 0.29) is 5.91 Å². The first-order chi connectivity index (χ1) is 15.4. The van der Waals surface area contributed by atoms with E-state index in [1.54, 1.807) is 48.2 Å². The fourth-order valence-corrected chi connectivity index (χ4v) is 4.12. The zero-order valence-electron chi connectivity index (χ0n) is 17.4. The highest BCUT2D eigenvalue weighted by Crippen LogP contribution is 2.38. The summed E-state index contributed by atoms with van der Waals surface area (Å²) in [5.74, 6) is -0.676. The number of nitrogens with zero attached hydrogens (tertiary/aromatic N) is 1. The van der Waals surface area contributed by atoms with Gasteiger partial charge < -0.3 is 4.74 Å². The van der Waals surface area contributed by atoms with E-state index in [1.807, 2.05) is 42.5 Å². The second-order valence-electron chi connectivity index (χ2n) is 7.24. The van der Waals surface area contributed by atoms with Crippen LogP contribution in [0.15, 0.2) is 78.4 Å². The molecule has 0 aromatic heterocycles. The van der Waals surface area contributed by atoms with Crippen LogP contribution in [-0.4, -0.2) is 19.0 Å². The maximum absolute atomic E-state index is 13.6. The number of hydrogen-bond donors (Lipinski definition) is 0. The van der Waals surface area contributed by atoms with Crippen LogP contribution in [0.1, 0.15) is 27.0 Å². The molecule has 0 saturated heterocycles. The van der Waals surface area contributed by atoms with Gasteiger partial charge in [0.1, 0.15) is 0 Å². The van der Waals surface area contributed by atoms with Gasteiger partial charge in [0.2, 0.25) is 0 Å². The van der Waals surface area contributed by atoms with E-state index in [4.69, 9.17) is 27.9 Å². The highest BCUT2D eigenvalue weighted by Gasteiger charge is 2.32. The average molecular weight is 464 g/mol. The van der Waals surface area contributed by atoms with Gasteiger partial charge >= 0.3 is 5.97 Å². The summed E-state index contributed by atoms with van der Waals surface area (Å²) in [5, 5.41) is 0.974.